The Morgan fingerprint density at radius 3 is 2.57 bits per heavy atom. The summed E-state index contributed by atoms with van der Waals surface area (Å²) >= 11 is 0. The van der Waals surface area contributed by atoms with Crippen LogP contribution in [0.2, 0.25) is 0 Å². The average molecular weight is 336 g/mol. The molecule has 0 unspecified atom stereocenters. The fraction of sp³-hybridized carbons (Fsp3) is 0.438. The van der Waals surface area contributed by atoms with Crippen LogP contribution in [0, 0.1) is 5.92 Å². The smallest absolute Gasteiger partial charge is 0.319 e. The molecule has 7 heteroatoms. The minimum Gasteiger partial charge on any atom is -0.396 e. The standard InChI is InChI=1S/C16H20N2O4S/c19-9-11-5-7-12(8-6-11)17-16(20)18-14-10-23(21,22)15-4-2-1-3-13(14)15/h1-4,10-12,19H,5-9H2,(H2,17,18,20). The first-order chi connectivity index (χ1) is 11.0. The van der Waals surface area contributed by atoms with Crippen molar-refractivity contribution in [3.8, 4) is 0 Å². The predicted molar refractivity (Wildman–Crippen MR) is 86.1 cm³/mol. The molecule has 1 aliphatic carbocycles. The Bertz CT molecular complexity index is 734. The summed E-state index contributed by atoms with van der Waals surface area (Å²) in [7, 11) is -3.48. The van der Waals surface area contributed by atoms with Crippen LogP contribution in [0.5, 0.6) is 0 Å². The normalized spacial score (nSPS) is 25.3. The number of sulfone groups is 1. The van der Waals surface area contributed by atoms with E-state index >= 15 is 0 Å². The molecule has 0 radical (unpaired) electrons. The molecule has 2 amide bonds. The molecule has 1 fully saturated rings. The number of carbonyl (C=O) groups excluding carboxylic acids is 1. The van der Waals surface area contributed by atoms with Gasteiger partial charge in [-0.1, -0.05) is 18.2 Å². The number of carbonyl (C=O) groups is 1. The second-order valence-electron chi connectivity index (χ2n) is 6.07. The minimum absolute atomic E-state index is 0.0617. The van der Waals surface area contributed by atoms with Crippen molar-refractivity contribution in [1.82, 2.24) is 10.6 Å². The first-order valence-corrected chi connectivity index (χ1v) is 9.29. The van der Waals surface area contributed by atoms with Crippen molar-refractivity contribution in [1.29, 1.82) is 0 Å². The van der Waals surface area contributed by atoms with Crippen LogP contribution < -0.4 is 10.6 Å². The maximum atomic E-state index is 12.1. The SMILES string of the molecule is O=C(NC1=CS(=O)(=O)c2ccccc21)NC1CCC(CO)CC1. The lowest BCUT2D eigenvalue weighted by Gasteiger charge is -2.28. The molecule has 0 aromatic heterocycles. The summed E-state index contributed by atoms with van der Waals surface area (Å²) in [5.41, 5.74) is 0.828. The third-order valence-electron chi connectivity index (χ3n) is 4.45. The van der Waals surface area contributed by atoms with Crippen LogP contribution in [0.15, 0.2) is 34.6 Å². The first-order valence-electron chi connectivity index (χ1n) is 7.74. The maximum Gasteiger partial charge on any atom is 0.319 e. The Balaban J connectivity index is 1.63. The van der Waals surface area contributed by atoms with E-state index < -0.39 is 15.9 Å². The zero-order chi connectivity index (χ0) is 16.4. The van der Waals surface area contributed by atoms with E-state index in [2.05, 4.69) is 10.6 Å². The molecular weight excluding hydrogens is 316 g/mol. The van der Waals surface area contributed by atoms with E-state index in [4.69, 9.17) is 5.11 Å². The van der Waals surface area contributed by atoms with Crippen LogP contribution in [-0.2, 0) is 9.84 Å². The molecule has 6 nitrogen and oxygen atoms in total. The van der Waals surface area contributed by atoms with Crippen molar-refractivity contribution in [3.05, 3.63) is 35.2 Å². The van der Waals surface area contributed by atoms with Crippen LogP contribution in [0.3, 0.4) is 0 Å². The molecule has 0 bridgehead atoms. The molecule has 0 spiro atoms. The summed E-state index contributed by atoms with van der Waals surface area (Å²) in [4.78, 5) is 12.4. The summed E-state index contributed by atoms with van der Waals surface area (Å²) in [5.74, 6) is 0.325. The van der Waals surface area contributed by atoms with Gasteiger partial charge in [0, 0.05) is 18.2 Å². The molecule has 3 rings (SSSR count). The summed E-state index contributed by atoms with van der Waals surface area (Å²) < 4.78 is 24.1. The van der Waals surface area contributed by atoms with Gasteiger partial charge in [-0.15, -0.1) is 0 Å². The molecule has 124 valence electrons. The third-order valence-corrected chi connectivity index (χ3v) is 5.96. The zero-order valence-electron chi connectivity index (χ0n) is 12.7. The number of benzene rings is 1. The van der Waals surface area contributed by atoms with E-state index in [1.54, 1.807) is 18.2 Å². The van der Waals surface area contributed by atoms with Gasteiger partial charge in [-0.2, -0.15) is 0 Å². The molecule has 1 aliphatic heterocycles. The van der Waals surface area contributed by atoms with Crippen molar-refractivity contribution in [2.45, 2.75) is 36.6 Å². The van der Waals surface area contributed by atoms with E-state index in [1.807, 2.05) is 0 Å². The number of rotatable bonds is 3. The number of hydrogen-bond donors (Lipinski definition) is 3. The molecule has 0 atom stereocenters. The Morgan fingerprint density at radius 1 is 1.17 bits per heavy atom. The van der Waals surface area contributed by atoms with Crippen LogP contribution in [-0.4, -0.2) is 32.2 Å². The van der Waals surface area contributed by atoms with Gasteiger partial charge in [0.2, 0.25) is 9.84 Å². The molecule has 2 aliphatic rings. The maximum absolute atomic E-state index is 12.1. The lowest BCUT2D eigenvalue weighted by Crippen LogP contribution is -2.43. The number of nitrogens with one attached hydrogen (secondary N) is 2. The van der Waals surface area contributed by atoms with Crippen molar-refractivity contribution < 1.29 is 18.3 Å². The van der Waals surface area contributed by atoms with Gasteiger partial charge < -0.3 is 15.7 Å². The summed E-state index contributed by atoms with van der Waals surface area (Å²) in [6, 6.07) is 6.28. The monoisotopic (exact) mass is 336 g/mol. The largest absolute Gasteiger partial charge is 0.396 e. The Kier molecular flexibility index (Phi) is 4.41. The fourth-order valence-electron chi connectivity index (χ4n) is 3.15. The summed E-state index contributed by atoms with van der Waals surface area (Å²) in [6.45, 7) is 0.195. The zero-order valence-corrected chi connectivity index (χ0v) is 13.5. The Labute approximate surface area is 135 Å². The fourth-order valence-corrected chi connectivity index (χ4v) is 4.53. The highest BCUT2D eigenvalue weighted by molar-refractivity contribution is 7.95. The second-order valence-corrected chi connectivity index (χ2v) is 7.84. The van der Waals surface area contributed by atoms with Crippen LogP contribution in [0.1, 0.15) is 31.2 Å². The quantitative estimate of drug-likeness (QED) is 0.781. The van der Waals surface area contributed by atoms with Crippen LogP contribution >= 0.6 is 0 Å². The lowest BCUT2D eigenvalue weighted by atomic mass is 9.87. The third kappa shape index (κ3) is 3.40. The highest BCUT2D eigenvalue weighted by Crippen LogP contribution is 2.31. The number of aliphatic hydroxyl groups is 1. The van der Waals surface area contributed by atoms with Gasteiger partial charge >= 0.3 is 6.03 Å². The predicted octanol–water partition coefficient (Wildman–Crippen LogP) is 1.62. The Hall–Kier alpha value is -1.86. The van der Waals surface area contributed by atoms with Gasteiger partial charge in [0.1, 0.15) is 0 Å². The van der Waals surface area contributed by atoms with E-state index in [9.17, 15) is 13.2 Å². The van der Waals surface area contributed by atoms with E-state index in [1.165, 1.54) is 6.07 Å². The number of aliphatic hydroxyl groups excluding tert-OH is 1. The highest BCUT2D eigenvalue weighted by Gasteiger charge is 2.28. The van der Waals surface area contributed by atoms with Crippen molar-refractivity contribution in [2.75, 3.05) is 6.61 Å². The van der Waals surface area contributed by atoms with Crippen molar-refractivity contribution >= 4 is 21.6 Å². The van der Waals surface area contributed by atoms with Gasteiger partial charge in [-0.3, -0.25) is 0 Å². The topological polar surface area (TPSA) is 95.5 Å². The van der Waals surface area contributed by atoms with Gasteiger partial charge in [0.05, 0.1) is 16.0 Å². The number of hydrogen-bond acceptors (Lipinski definition) is 4. The van der Waals surface area contributed by atoms with E-state index in [0.29, 0.717) is 17.2 Å². The number of amides is 2. The molecule has 23 heavy (non-hydrogen) atoms. The van der Waals surface area contributed by atoms with Gasteiger partial charge in [-0.25, -0.2) is 13.2 Å². The van der Waals surface area contributed by atoms with E-state index in [-0.39, 0.29) is 17.5 Å². The lowest BCUT2D eigenvalue weighted by molar-refractivity contribution is 0.175. The van der Waals surface area contributed by atoms with Crippen LogP contribution in [0.4, 0.5) is 4.79 Å². The van der Waals surface area contributed by atoms with Gasteiger partial charge in [0.25, 0.3) is 0 Å². The molecule has 3 N–H and O–H groups in total. The van der Waals surface area contributed by atoms with Gasteiger partial charge in [0.15, 0.2) is 0 Å². The number of fused-ring (bicyclic) bond motifs is 1. The second kappa shape index (κ2) is 6.33. The van der Waals surface area contributed by atoms with Crippen LogP contribution in [0.25, 0.3) is 5.70 Å². The van der Waals surface area contributed by atoms with Crippen molar-refractivity contribution in [3.63, 3.8) is 0 Å². The molecule has 1 heterocycles. The Morgan fingerprint density at radius 2 is 1.87 bits per heavy atom. The highest BCUT2D eigenvalue weighted by atomic mass is 32.2. The minimum atomic E-state index is -3.48. The van der Waals surface area contributed by atoms with Gasteiger partial charge in [-0.05, 0) is 37.7 Å². The molecule has 1 aromatic carbocycles. The summed E-state index contributed by atoms with van der Waals surface area (Å²) in [6.07, 6.45) is 3.43. The average Bonchev–Trinajstić information content (AvgIpc) is 2.79. The molecule has 1 saturated carbocycles. The first kappa shape index (κ1) is 16.0. The molecular formula is C16H20N2O4S. The van der Waals surface area contributed by atoms with E-state index in [0.717, 1.165) is 31.1 Å². The van der Waals surface area contributed by atoms with Crippen molar-refractivity contribution in [2.24, 2.45) is 5.92 Å². The summed E-state index contributed by atoms with van der Waals surface area (Å²) in [5, 5.41) is 15.8. The number of urea groups is 1. The molecule has 0 saturated heterocycles. The molecule has 1 aromatic rings.